The number of hydrogen-bond donors (Lipinski definition) is 1. The molecule has 2 aromatic carbocycles. The van der Waals surface area contributed by atoms with Crippen LogP contribution in [0.5, 0.6) is 0 Å². The fraction of sp³-hybridized carbons (Fsp3) is 0.278. The molecule has 1 heterocycles. The van der Waals surface area contributed by atoms with E-state index in [1.165, 1.54) is 0 Å². The molecule has 0 bridgehead atoms. The molecular formula is C18H19ClN2O. The molecular weight excluding hydrogens is 296 g/mol. The fourth-order valence-electron chi connectivity index (χ4n) is 2.88. The Morgan fingerprint density at radius 1 is 1.14 bits per heavy atom. The van der Waals surface area contributed by atoms with E-state index in [0.717, 1.165) is 22.7 Å². The van der Waals surface area contributed by atoms with Gasteiger partial charge in [0.1, 0.15) is 5.66 Å². The van der Waals surface area contributed by atoms with Crippen molar-refractivity contribution in [1.29, 1.82) is 0 Å². The Bertz CT molecular complexity index is 716. The molecule has 1 amide bonds. The molecule has 3 nitrogen and oxygen atoms in total. The molecule has 1 unspecified atom stereocenters. The lowest BCUT2D eigenvalue weighted by molar-refractivity contribution is 0.0884. The molecule has 0 spiro atoms. The molecule has 3 rings (SSSR count). The smallest absolute Gasteiger partial charge is 0.255 e. The Hall–Kier alpha value is -2.00. The quantitative estimate of drug-likeness (QED) is 0.920. The normalized spacial score (nSPS) is 20.5. The summed E-state index contributed by atoms with van der Waals surface area (Å²) in [5, 5.41) is 3.88. The number of halogens is 1. The summed E-state index contributed by atoms with van der Waals surface area (Å²) in [6.45, 7) is 4.78. The third-order valence-corrected chi connectivity index (χ3v) is 4.76. The Balaban J connectivity index is 2.08. The van der Waals surface area contributed by atoms with E-state index in [-0.39, 0.29) is 5.91 Å². The summed E-state index contributed by atoms with van der Waals surface area (Å²) >= 11 is 6.32. The number of carbonyl (C=O) groups excluding carboxylic acids is 1. The number of para-hydroxylation sites is 1. The molecule has 0 saturated heterocycles. The number of rotatable bonds is 3. The van der Waals surface area contributed by atoms with Gasteiger partial charge in [-0.2, -0.15) is 0 Å². The largest absolute Gasteiger partial charge is 0.344 e. The molecule has 0 saturated carbocycles. The predicted octanol–water partition coefficient (Wildman–Crippen LogP) is 4.22. The van der Waals surface area contributed by atoms with E-state index >= 15 is 0 Å². The monoisotopic (exact) mass is 314 g/mol. The molecule has 0 fully saturated rings. The summed E-state index contributed by atoms with van der Waals surface area (Å²) in [5.74, 6) is -0.0182. The van der Waals surface area contributed by atoms with Crippen LogP contribution in [0.15, 0.2) is 48.5 Å². The minimum atomic E-state index is -0.426. The zero-order chi connectivity index (χ0) is 15.7. The second-order valence-corrected chi connectivity index (χ2v) is 6.18. The number of hydrogen-bond acceptors (Lipinski definition) is 2. The SMILES string of the molecule is CCC1(C)NC(=O)c2ccccc2N1Cc1ccccc1Cl. The van der Waals surface area contributed by atoms with E-state index in [1.807, 2.05) is 48.5 Å². The van der Waals surface area contributed by atoms with Gasteiger partial charge in [-0.3, -0.25) is 4.79 Å². The van der Waals surface area contributed by atoms with Crippen LogP contribution < -0.4 is 10.2 Å². The Kier molecular flexibility index (Phi) is 3.83. The second-order valence-electron chi connectivity index (χ2n) is 5.78. The first-order valence-corrected chi connectivity index (χ1v) is 7.85. The molecule has 1 N–H and O–H groups in total. The van der Waals surface area contributed by atoms with Gasteiger partial charge in [0.05, 0.1) is 11.3 Å². The van der Waals surface area contributed by atoms with E-state index in [0.29, 0.717) is 12.1 Å². The van der Waals surface area contributed by atoms with E-state index in [2.05, 4.69) is 24.1 Å². The summed E-state index contributed by atoms with van der Waals surface area (Å²) in [6.07, 6.45) is 0.803. The van der Waals surface area contributed by atoms with Crippen molar-refractivity contribution < 1.29 is 4.79 Å². The van der Waals surface area contributed by atoms with E-state index < -0.39 is 5.66 Å². The maximum Gasteiger partial charge on any atom is 0.255 e. The number of benzene rings is 2. The van der Waals surface area contributed by atoms with Crippen LogP contribution in [0, 0.1) is 0 Å². The van der Waals surface area contributed by atoms with Crippen LogP contribution in [0.4, 0.5) is 5.69 Å². The molecule has 0 radical (unpaired) electrons. The Labute approximate surface area is 135 Å². The predicted molar refractivity (Wildman–Crippen MR) is 90.2 cm³/mol. The lowest BCUT2D eigenvalue weighted by Crippen LogP contribution is -2.61. The first-order valence-electron chi connectivity index (χ1n) is 7.48. The molecule has 4 heteroatoms. The van der Waals surface area contributed by atoms with Crippen LogP contribution in [-0.4, -0.2) is 11.6 Å². The average molecular weight is 315 g/mol. The van der Waals surface area contributed by atoms with Crippen molar-refractivity contribution in [1.82, 2.24) is 5.32 Å². The van der Waals surface area contributed by atoms with E-state index in [1.54, 1.807) is 0 Å². The lowest BCUT2D eigenvalue weighted by Gasteiger charge is -2.47. The van der Waals surface area contributed by atoms with Crippen LogP contribution in [0.1, 0.15) is 36.2 Å². The van der Waals surface area contributed by atoms with Gasteiger partial charge in [0.15, 0.2) is 0 Å². The number of anilines is 1. The van der Waals surface area contributed by atoms with Gasteiger partial charge >= 0.3 is 0 Å². The molecule has 0 aliphatic carbocycles. The van der Waals surface area contributed by atoms with Gasteiger partial charge in [-0.1, -0.05) is 48.9 Å². The highest BCUT2D eigenvalue weighted by Gasteiger charge is 2.38. The summed E-state index contributed by atoms with van der Waals surface area (Å²) in [7, 11) is 0. The van der Waals surface area contributed by atoms with Crippen molar-refractivity contribution in [2.45, 2.75) is 32.5 Å². The fourth-order valence-corrected chi connectivity index (χ4v) is 3.08. The van der Waals surface area contributed by atoms with Gasteiger partial charge in [-0.15, -0.1) is 0 Å². The molecule has 1 aliphatic rings. The highest BCUT2D eigenvalue weighted by atomic mass is 35.5. The zero-order valence-corrected chi connectivity index (χ0v) is 13.5. The number of amides is 1. The van der Waals surface area contributed by atoms with Crippen molar-refractivity contribution in [3.8, 4) is 0 Å². The first-order chi connectivity index (χ1) is 10.5. The van der Waals surface area contributed by atoms with Crippen LogP contribution >= 0.6 is 11.6 Å². The van der Waals surface area contributed by atoms with Crippen molar-refractivity contribution in [3.63, 3.8) is 0 Å². The van der Waals surface area contributed by atoms with Crippen LogP contribution in [0.2, 0.25) is 5.02 Å². The van der Waals surface area contributed by atoms with Crippen molar-refractivity contribution in [3.05, 3.63) is 64.7 Å². The molecule has 2 aromatic rings. The van der Waals surface area contributed by atoms with Crippen molar-refractivity contribution >= 4 is 23.2 Å². The van der Waals surface area contributed by atoms with Crippen LogP contribution in [-0.2, 0) is 6.54 Å². The molecule has 114 valence electrons. The summed E-state index contributed by atoms with van der Waals surface area (Å²) in [5.41, 5.74) is 2.29. The number of fused-ring (bicyclic) bond motifs is 1. The number of nitrogens with zero attached hydrogens (tertiary/aromatic N) is 1. The average Bonchev–Trinajstić information content (AvgIpc) is 2.53. The van der Waals surface area contributed by atoms with Crippen LogP contribution in [0.3, 0.4) is 0 Å². The Morgan fingerprint density at radius 3 is 2.55 bits per heavy atom. The van der Waals surface area contributed by atoms with Gasteiger partial charge in [0, 0.05) is 11.6 Å². The molecule has 1 atom stereocenters. The minimum absolute atomic E-state index is 0.0182. The maximum absolute atomic E-state index is 12.4. The zero-order valence-electron chi connectivity index (χ0n) is 12.8. The van der Waals surface area contributed by atoms with Gasteiger partial charge in [-0.05, 0) is 37.1 Å². The van der Waals surface area contributed by atoms with Crippen molar-refractivity contribution in [2.75, 3.05) is 4.90 Å². The highest BCUT2D eigenvalue weighted by molar-refractivity contribution is 6.31. The topological polar surface area (TPSA) is 32.3 Å². The van der Waals surface area contributed by atoms with Gasteiger partial charge in [0.25, 0.3) is 5.91 Å². The molecule has 0 aromatic heterocycles. The third kappa shape index (κ3) is 2.46. The molecule has 1 aliphatic heterocycles. The van der Waals surface area contributed by atoms with Gasteiger partial charge < -0.3 is 10.2 Å². The lowest BCUT2D eigenvalue weighted by atomic mass is 9.97. The molecule has 22 heavy (non-hydrogen) atoms. The van der Waals surface area contributed by atoms with Gasteiger partial charge in [-0.25, -0.2) is 0 Å². The highest BCUT2D eigenvalue weighted by Crippen LogP contribution is 2.35. The van der Waals surface area contributed by atoms with E-state index in [4.69, 9.17) is 11.6 Å². The van der Waals surface area contributed by atoms with Crippen LogP contribution in [0.25, 0.3) is 0 Å². The summed E-state index contributed by atoms with van der Waals surface area (Å²) in [4.78, 5) is 14.6. The van der Waals surface area contributed by atoms with Crippen molar-refractivity contribution in [2.24, 2.45) is 0 Å². The van der Waals surface area contributed by atoms with E-state index in [9.17, 15) is 4.79 Å². The standard InChI is InChI=1S/C18H19ClN2O/c1-3-18(2)20-17(22)14-9-5-7-11-16(14)21(18)12-13-8-4-6-10-15(13)19/h4-11H,3,12H2,1-2H3,(H,20,22). The minimum Gasteiger partial charge on any atom is -0.344 e. The number of carbonyl (C=O) groups is 1. The Morgan fingerprint density at radius 2 is 1.82 bits per heavy atom. The third-order valence-electron chi connectivity index (χ3n) is 4.39. The first kappa shape index (κ1) is 14.9. The second kappa shape index (κ2) is 5.65. The summed E-state index contributed by atoms with van der Waals surface area (Å²) < 4.78 is 0. The maximum atomic E-state index is 12.4. The van der Waals surface area contributed by atoms with Gasteiger partial charge in [0.2, 0.25) is 0 Å². The number of nitrogens with one attached hydrogen (secondary N) is 1. The summed E-state index contributed by atoms with van der Waals surface area (Å²) in [6, 6.07) is 15.5.